The van der Waals surface area contributed by atoms with Crippen molar-refractivity contribution in [3.8, 4) is 0 Å². The maximum absolute atomic E-state index is 12.1. The number of carbonyl (C=O) groups is 2. The molecule has 0 saturated carbocycles. The second-order valence-corrected chi connectivity index (χ2v) is 5.35. The molecule has 1 rings (SSSR count). The van der Waals surface area contributed by atoms with Gasteiger partial charge in [-0.3, -0.25) is 9.59 Å². The third kappa shape index (κ3) is 2.97. The molecule has 2 amide bonds. The van der Waals surface area contributed by atoms with Crippen molar-refractivity contribution in [1.82, 2.24) is 9.80 Å². The van der Waals surface area contributed by atoms with Crippen LogP contribution in [0.15, 0.2) is 0 Å². The van der Waals surface area contributed by atoms with Crippen LogP contribution >= 0.6 is 0 Å². The average molecular weight is 241 g/mol. The van der Waals surface area contributed by atoms with E-state index in [9.17, 15) is 9.59 Å². The van der Waals surface area contributed by atoms with Crippen molar-refractivity contribution < 1.29 is 9.59 Å². The van der Waals surface area contributed by atoms with Crippen LogP contribution in [0.5, 0.6) is 0 Å². The Labute approximate surface area is 103 Å². The number of amides is 2. The molecule has 0 radical (unpaired) electrons. The zero-order chi connectivity index (χ0) is 13.2. The fourth-order valence-electron chi connectivity index (χ4n) is 2.14. The molecule has 1 fully saturated rings. The van der Waals surface area contributed by atoms with Crippen molar-refractivity contribution in [3.05, 3.63) is 0 Å². The van der Waals surface area contributed by atoms with E-state index in [0.29, 0.717) is 25.9 Å². The minimum Gasteiger partial charge on any atom is -0.342 e. The van der Waals surface area contributed by atoms with Crippen LogP contribution in [-0.4, -0.2) is 53.3 Å². The van der Waals surface area contributed by atoms with Crippen molar-refractivity contribution in [2.24, 2.45) is 5.73 Å². The lowest BCUT2D eigenvalue weighted by Crippen LogP contribution is -2.63. The number of nitrogens with two attached hydrogens (primary N) is 1. The van der Waals surface area contributed by atoms with Gasteiger partial charge in [0.05, 0.1) is 0 Å². The highest BCUT2D eigenvalue weighted by molar-refractivity contribution is 5.91. The van der Waals surface area contributed by atoms with Crippen LogP contribution in [-0.2, 0) is 9.59 Å². The molecule has 5 heteroatoms. The van der Waals surface area contributed by atoms with Crippen LogP contribution in [0.4, 0.5) is 0 Å². The van der Waals surface area contributed by atoms with Gasteiger partial charge in [0, 0.05) is 32.6 Å². The molecule has 0 aromatic rings. The minimum absolute atomic E-state index is 0.00195. The lowest BCUT2D eigenvalue weighted by molar-refractivity contribution is -0.157. The van der Waals surface area contributed by atoms with Gasteiger partial charge < -0.3 is 15.5 Å². The predicted octanol–water partition coefficient (Wildman–Crippen LogP) is 0.193. The normalized spacial score (nSPS) is 21.6. The molecular weight excluding hydrogens is 218 g/mol. The van der Waals surface area contributed by atoms with E-state index in [-0.39, 0.29) is 17.9 Å². The summed E-state index contributed by atoms with van der Waals surface area (Å²) in [7, 11) is 1.77. The summed E-state index contributed by atoms with van der Waals surface area (Å²) in [6.45, 7) is 6.69. The molecule has 5 nitrogen and oxygen atoms in total. The van der Waals surface area contributed by atoms with Gasteiger partial charge in [-0.1, -0.05) is 0 Å². The molecule has 1 aliphatic rings. The van der Waals surface area contributed by atoms with E-state index >= 15 is 0 Å². The topological polar surface area (TPSA) is 66.6 Å². The molecule has 0 spiro atoms. The average Bonchev–Trinajstić information content (AvgIpc) is 2.23. The zero-order valence-corrected chi connectivity index (χ0v) is 11.2. The highest BCUT2D eigenvalue weighted by Gasteiger charge is 2.42. The van der Waals surface area contributed by atoms with Gasteiger partial charge in [-0.2, -0.15) is 0 Å². The van der Waals surface area contributed by atoms with E-state index in [1.807, 2.05) is 6.92 Å². The fourth-order valence-corrected chi connectivity index (χ4v) is 2.14. The summed E-state index contributed by atoms with van der Waals surface area (Å²) in [5, 5.41) is 0. The van der Waals surface area contributed by atoms with E-state index in [2.05, 4.69) is 0 Å². The third-order valence-corrected chi connectivity index (χ3v) is 3.32. The Balaban J connectivity index is 2.70. The van der Waals surface area contributed by atoms with Crippen LogP contribution in [0.3, 0.4) is 0 Å². The fraction of sp³-hybridized carbons (Fsp3) is 0.833. The van der Waals surface area contributed by atoms with Crippen molar-refractivity contribution in [3.63, 3.8) is 0 Å². The number of rotatable bonds is 3. The SMILES string of the molecule is CC(N)CCC(=O)N1CCN(C)C(=O)C1(C)C. The van der Waals surface area contributed by atoms with Gasteiger partial charge in [-0.25, -0.2) is 0 Å². The molecule has 17 heavy (non-hydrogen) atoms. The standard InChI is InChI=1S/C12H23N3O2/c1-9(13)5-6-10(16)15-8-7-14(4)11(17)12(15,2)3/h9H,5-8,13H2,1-4H3. The third-order valence-electron chi connectivity index (χ3n) is 3.32. The number of hydrogen-bond donors (Lipinski definition) is 1. The van der Waals surface area contributed by atoms with Crippen molar-refractivity contribution in [2.75, 3.05) is 20.1 Å². The summed E-state index contributed by atoms with van der Waals surface area (Å²) >= 11 is 0. The second-order valence-electron chi connectivity index (χ2n) is 5.35. The molecule has 0 aromatic heterocycles. The Kier molecular flexibility index (Phi) is 4.14. The zero-order valence-electron chi connectivity index (χ0n) is 11.2. The van der Waals surface area contributed by atoms with E-state index in [1.165, 1.54) is 0 Å². The molecule has 0 bridgehead atoms. The smallest absolute Gasteiger partial charge is 0.247 e. The molecule has 1 saturated heterocycles. The first-order chi connectivity index (χ1) is 7.76. The molecule has 1 atom stereocenters. The molecular formula is C12H23N3O2. The monoisotopic (exact) mass is 241 g/mol. The molecule has 1 heterocycles. The molecule has 1 unspecified atom stereocenters. The van der Waals surface area contributed by atoms with E-state index < -0.39 is 5.54 Å². The summed E-state index contributed by atoms with van der Waals surface area (Å²) < 4.78 is 0. The van der Waals surface area contributed by atoms with Gasteiger partial charge in [0.25, 0.3) is 0 Å². The highest BCUT2D eigenvalue weighted by atomic mass is 16.2. The Morgan fingerprint density at radius 1 is 1.47 bits per heavy atom. The van der Waals surface area contributed by atoms with E-state index in [0.717, 1.165) is 0 Å². The first kappa shape index (κ1) is 14.0. The molecule has 2 N–H and O–H groups in total. The van der Waals surface area contributed by atoms with E-state index in [1.54, 1.807) is 30.7 Å². The molecule has 0 aromatic carbocycles. The summed E-state index contributed by atoms with van der Waals surface area (Å²) in [6, 6.07) is 0.0187. The molecule has 0 aliphatic carbocycles. The van der Waals surface area contributed by atoms with Crippen LogP contribution in [0, 0.1) is 0 Å². The first-order valence-corrected chi connectivity index (χ1v) is 6.08. The van der Waals surface area contributed by atoms with Crippen molar-refractivity contribution in [1.29, 1.82) is 0 Å². The lowest BCUT2D eigenvalue weighted by atomic mass is 9.97. The summed E-state index contributed by atoms with van der Waals surface area (Å²) in [4.78, 5) is 27.4. The minimum atomic E-state index is -0.734. The van der Waals surface area contributed by atoms with Crippen molar-refractivity contribution >= 4 is 11.8 Å². The lowest BCUT2D eigenvalue weighted by Gasteiger charge is -2.44. The number of nitrogens with zero attached hydrogens (tertiary/aromatic N) is 2. The van der Waals surface area contributed by atoms with Crippen molar-refractivity contribution in [2.45, 2.75) is 45.2 Å². The Bertz CT molecular complexity index is 313. The van der Waals surface area contributed by atoms with Gasteiger partial charge in [-0.15, -0.1) is 0 Å². The largest absolute Gasteiger partial charge is 0.342 e. The maximum Gasteiger partial charge on any atom is 0.247 e. The molecule has 98 valence electrons. The Morgan fingerprint density at radius 3 is 2.59 bits per heavy atom. The van der Waals surface area contributed by atoms with Crippen LogP contribution in [0.1, 0.15) is 33.6 Å². The quantitative estimate of drug-likeness (QED) is 0.767. The summed E-state index contributed by atoms with van der Waals surface area (Å²) in [6.07, 6.45) is 1.08. The number of carbonyl (C=O) groups excluding carboxylic acids is 2. The predicted molar refractivity (Wildman–Crippen MR) is 66.3 cm³/mol. The molecule has 1 aliphatic heterocycles. The number of likely N-dealkylation sites (N-methyl/N-ethyl adjacent to an activating group) is 1. The Morgan fingerprint density at radius 2 is 2.06 bits per heavy atom. The van der Waals surface area contributed by atoms with E-state index in [4.69, 9.17) is 5.73 Å². The number of hydrogen-bond acceptors (Lipinski definition) is 3. The van der Waals surface area contributed by atoms with Gasteiger partial charge >= 0.3 is 0 Å². The van der Waals surface area contributed by atoms with Gasteiger partial charge in [0.1, 0.15) is 5.54 Å². The van der Waals surface area contributed by atoms with Crippen LogP contribution in [0.25, 0.3) is 0 Å². The summed E-state index contributed by atoms with van der Waals surface area (Å²) in [5.41, 5.74) is 4.91. The Hall–Kier alpha value is -1.10. The van der Waals surface area contributed by atoms with Crippen LogP contribution < -0.4 is 5.73 Å². The van der Waals surface area contributed by atoms with Gasteiger partial charge in [0.15, 0.2) is 0 Å². The second kappa shape index (κ2) is 5.04. The number of piperazine rings is 1. The van der Waals surface area contributed by atoms with Gasteiger partial charge in [-0.05, 0) is 27.2 Å². The highest BCUT2D eigenvalue weighted by Crippen LogP contribution is 2.22. The first-order valence-electron chi connectivity index (χ1n) is 6.08. The maximum atomic E-state index is 12.1. The summed E-state index contributed by atoms with van der Waals surface area (Å²) in [5.74, 6) is 0.0200. The van der Waals surface area contributed by atoms with Crippen LogP contribution in [0.2, 0.25) is 0 Å². The van der Waals surface area contributed by atoms with Gasteiger partial charge in [0.2, 0.25) is 11.8 Å².